The van der Waals surface area contributed by atoms with Gasteiger partial charge in [-0.25, -0.2) is 0 Å². The van der Waals surface area contributed by atoms with Crippen molar-refractivity contribution in [3.63, 3.8) is 0 Å². The minimum atomic E-state index is -0.818. The maximum atomic E-state index is 10.4. The van der Waals surface area contributed by atoms with Gasteiger partial charge in [-0.05, 0) is 31.1 Å². The Morgan fingerprint density at radius 2 is 2.00 bits per heavy atom. The molecule has 1 saturated carbocycles. The molecule has 0 spiro atoms. The molecular weight excluding hydrogens is 180 g/mol. The second-order valence-corrected chi connectivity index (χ2v) is 5.31. The van der Waals surface area contributed by atoms with Gasteiger partial charge in [-0.15, -0.1) is 0 Å². The second kappa shape index (κ2) is 3.89. The molecule has 1 aliphatic rings. The minimum absolute atomic E-state index is 0.0760. The zero-order valence-corrected chi connectivity index (χ0v) is 9.05. The van der Waals surface area contributed by atoms with Gasteiger partial charge >= 0.3 is 5.97 Å². The molecule has 0 aromatic rings. The maximum absolute atomic E-state index is 10.4. The molecule has 0 aliphatic heterocycles. The third-order valence-electron chi connectivity index (χ3n) is 3.11. The molecule has 0 bridgehead atoms. The van der Waals surface area contributed by atoms with E-state index in [4.69, 9.17) is 5.11 Å². The Bertz CT molecular complexity index is 223. The molecular formula is C11H20O3. The predicted molar refractivity (Wildman–Crippen MR) is 54.1 cm³/mol. The molecule has 3 nitrogen and oxygen atoms in total. The monoisotopic (exact) mass is 200 g/mol. The van der Waals surface area contributed by atoms with Crippen LogP contribution < -0.4 is 0 Å². The maximum Gasteiger partial charge on any atom is 0.303 e. The van der Waals surface area contributed by atoms with Crippen LogP contribution in [-0.2, 0) is 4.79 Å². The lowest BCUT2D eigenvalue weighted by Crippen LogP contribution is -2.39. The number of carboxylic acids is 1. The van der Waals surface area contributed by atoms with Crippen molar-refractivity contribution in [3.8, 4) is 0 Å². The molecule has 0 saturated heterocycles. The molecule has 1 fully saturated rings. The highest BCUT2D eigenvalue weighted by molar-refractivity contribution is 5.66. The number of carbonyl (C=O) groups is 1. The Morgan fingerprint density at radius 1 is 1.36 bits per heavy atom. The van der Waals surface area contributed by atoms with Crippen LogP contribution in [0, 0.1) is 5.41 Å². The van der Waals surface area contributed by atoms with Gasteiger partial charge in [0.25, 0.3) is 0 Å². The SMILES string of the molecule is CC1(C)CCCC(O)(CCC(=O)O)C1. The van der Waals surface area contributed by atoms with Crippen LogP contribution in [0.2, 0.25) is 0 Å². The molecule has 0 heterocycles. The zero-order chi connectivity index (χ0) is 10.8. The van der Waals surface area contributed by atoms with Crippen molar-refractivity contribution >= 4 is 5.97 Å². The fourth-order valence-corrected chi connectivity index (χ4v) is 2.52. The second-order valence-electron chi connectivity index (χ2n) is 5.31. The van der Waals surface area contributed by atoms with E-state index in [0.29, 0.717) is 6.42 Å². The van der Waals surface area contributed by atoms with E-state index >= 15 is 0 Å². The zero-order valence-electron chi connectivity index (χ0n) is 9.05. The van der Waals surface area contributed by atoms with E-state index in [1.54, 1.807) is 0 Å². The minimum Gasteiger partial charge on any atom is -0.481 e. The number of hydrogen-bond acceptors (Lipinski definition) is 2. The average molecular weight is 200 g/mol. The van der Waals surface area contributed by atoms with Gasteiger partial charge in [0, 0.05) is 6.42 Å². The fraction of sp³-hybridized carbons (Fsp3) is 0.909. The Balaban J connectivity index is 2.51. The number of aliphatic carboxylic acids is 1. The standard InChI is InChI=1S/C11H20O3/c1-10(2)5-3-6-11(14,8-10)7-4-9(12)13/h14H,3-8H2,1-2H3,(H,12,13). The van der Waals surface area contributed by atoms with Crippen molar-refractivity contribution in [2.24, 2.45) is 5.41 Å². The smallest absolute Gasteiger partial charge is 0.303 e. The van der Waals surface area contributed by atoms with E-state index in [-0.39, 0.29) is 11.8 Å². The van der Waals surface area contributed by atoms with Crippen molar-refractivity contribution < 1.29 is 15.0 Å². The highest BCUT2D eigenvalue weighted by atomic mass is 16.4. The highest BCUT2D eigenvalue weighted by Gasteiger charge is 2.38. The summed E-state index contributed by atoms with van der Waals surface area (Å²) < 4.78 is 0. The molecule has 1 atom stereocenters. The van der Waals surface area contributed by atoms with Crippen molar-refractivity contribution in [1.29, 1.82) is 0 Å². The Morgan fingerprint density at radius 3 is 2.50 bits per heavy atom. The molecule has 1 aliphatic carbocycles. The van der Waals surface area contributed by atoms with Crippen LogP contribution in [-0.4, -0.2) is 21.8 Å². The first-order valence-corrected chi connectivity index (χ1v) is 5.27. The largest absolute Gasteiger partial charge is 0.481 e. The molecule has 1 unspecified atom stereocenters. The van der Waals surface area contributed by atoms with E-state index in [0.717, 1.165) is 25.7 Å². The summed E-state index contributed by atoms with van der Waals surface area (Å²) in [6.45, 7) is 4.27. The molecule has 2 N–H and O–H groups in total. The van der Waals surface area contributed by atoms with E-state index in [2.05, 4.69) is 13.8 Å². The number of hydrogen-bond donors (Lipinski definition) is 2. The van der Waals surface area contributed by atoms with Crippen LogP contribution in [0.4, 0.5) is 0 Å². The molecule has 0 radical (unpaired) electrons. The van der Waals surface area contributed by atoms with Crippen LogP contribution in [0.5, 0.6) is 0 Å². The lowest BCUT2D eigenvalue weighted by Gasteiger charge is -2.41. The van der Waals surface area contributed by atoms with Crippen molar-refractivity contribution in [2.45, 2.75) is 58.0 Å². The van der Waals surface area contributed by atoms with Gasteiger partial charge in [0.2, 0.25) is 0 Å². The van der Waals surface area contributed by atoms with Crippen molar-refractivity contribution in [1.82, 2.24) is 0 Å². The summed E-state index contributed by atoms with van der Waals surface area (Å²) >= 11 is 0. The van der Waals surface area contributed by atoms with Gasteiger partial charge in [0.05, 0.1) is 5.60 Å². The third kappa shape index (κ3) is 3.29. The number of aliphatic hydroxyl groups is 1. The van der Waals surface area contributed by atoms with Crippen LogP contribution in [0.1, 0.15) is 52.4 Å². The lowest BCUT2D eigenvalue weighted by atomic mass is 9.68. The predicted octanol–water partition coefficient (Wildman–Crippen LogP) is 2.18. The van der Waals surface area contributed by atoms with E-state index in [1.807, 2.05) is 0 Å². The molecule has 14 heavy (non-hydrogen) atoms. The van der Waals surface area contributed by atoms with E-state index < -0.39 is 11.6 Å². The summed E-state index contributed by atoms with van der Waals surface area (Å²) in [5, 5.41) is 18.8. The Hall–Kier alpha value is -0.570. The molecule has 1 rings (SSSR count). The molecule has 82 valence electrons. The molecule has 0 aromatic carbocycles. The lowest BCUT2D eigenvalue weighted by molar-refractivity contribution is -0.139. The first-order valence-electron chi connectivity index (χ1n) is 5.27. The van der Waals surface area contributed by atoms with Crippen LogP contribution in [0.25, 0.3) is 0 Å². The third-order valence-corrected chi connectivity index (χ3v) is 3.11. The summed E-state index contributed by atoms with van der Waals surface area (Å²) in [6, 6.07) is 0. The van der Waals surface area contributed by atoms with E-state index in [1.165, 1.54) is 0 Å². The number of rotatable bonds is 3. The van der Waals surface area contributed by atoms with Crippen LogP contribution >= 0.6 is 0 Å². The van der Waals surface area contributed by atoms with Crippen LogP contribution in [0.15, 0.2) is 0 Å². The van der Waals surface area contributed by atoms with Gasteiger partial charge in [0.1, 0.15) is 0 Å². The van der Waals surface area contributed by atoms with Gasteiger partial charge in [0.15, 0.2) is 0 Å². The quantitative estimate of drug-likeness (QED) is 0.734. The molecule has 0 aromatic heterocycles. The molecule has 0 amide bonds. The number of carboxylic acid groups (broad SMARTS) is 1. The summed E-state index contributed by atoms with van der Waals surface area (Å²) in [5.74, 6) is -0.818. The van der Waals surface area contributed by atoms with E-state index in [9.17, 15) is 9.90 Å². The average Bonchev–Trinajstić information content (AvgIpc) is 1.98. The topological polar surface area (TPSA) is 57.5 Å². The normalized spacial score (nSPS) is 31.4. The molecule has 3 heteroatoms. The van der Waals surface area contributed by atoms with Crippen molar-refractivity contribution in [3.05, 3.63) is 0 Å². The van der Waals surface area contributed by atoms with Gasteiger partial charge in [-0.3, -0.25) is 4.79 Å². The van der Waals surface area contributed by atoms with Crippen molar-refractivity contribution in [2.75, 3.05) is 0 Å². The van der Waals surface area contributed by atoms with Gasteiger partial charge in [-0.2, -0.15) is 0 Å². The summed E-state index contributed by atoms with van der Waals surface area (Å²) in [4.78, 5) is 10.4. The first-order chi connectivity index (χ1) is 6.33. The fourth-order valence-electron chi connectivity index (χ4n) is 2.52. The summed E-state index contributed by atoms with van der Waals surface area (Å²) in [5.41, 5.74) is -0.578. The Labute approximate surface area is 85.1 Å². The van der Waals surface area contributed by atoms with Gasteiger partial charge in [-0.1, -0.05) is 20.3 Å². The van der Waals surface area contributed by atoms with Gasteiger partial charge < -0.3 is 10.2 Å². The first kappa shape index (κ1) is 11.5. The highest BCUT2D eigenvalue weighted by Crippen LogP contribution is 2.42. The van der Waals surface area contributed by atoms with Crippen LogP contribution in [0.3, 0.4) is 0 Å². The Kier molecular flexibility index (Phi) is 3.20. The summed E-state index contributed by atoms with van der Waals surface area (Å²) in [6.07, 6.45) is 4.08. The summed E-state index contributed by atoms with van der Waals surface area (Å²) in [7, 11) is 0.